The van der Waals surface area contributed by atoms with Gasteiger partial charge in [0.15, 0.2) is 0 Å². The molecule has 0 heterocycles. The van der Waals surface area contributed by atoms with Gasteiger partial charge < -0.3 is 10.8 Å². The van der Waals surface area contributed by atoms with Gasteiger partial charge in [0, 0.05) is 0 Å². The molecule has 1 atom stereocenters. The molecule has 0 aliphatic carbocycles. The molecule has 6 nitrogen and oxygen atoms in total. The second kappa shape index (κ2) is 12.2. The van der Waals surface area contributed by atoms with E-state index in [1.807, 2.05) is 0 Å². The molecule has 0 aromatic heterocycles. The second-order valence-corrected chi connectivity index (χ2v) is 6.12. The van der Waals surface area contributed by atoms with Gasteiger partial charge in [0.05, 0.1) is 0 Å². The number of rotatable bonds is 2. The summed E-state index contributed by atoms with van der Waals surface area (Å²) in [4.78, 5) is 10.0. The van der Waals surface area contributed by atoms with Gasteiger partial charge in [-0.3, -0.25) is 4.79 Å². The SMILES string of the molecule is CC(C)[C@H](N)C(=O)O.C[As](=O)([O-])[O-].[Na+].[Na+]. The Bertz CT molecular complexity index is 199. The average molecular weight is 301 g/mol. The van der Waals surface area contributed by atoms with E-state index in [1.54, 1.807) is 13.8 Å². The minimum absolute atomic E-state index is 0. The van der Waals surface area contributed by atoms with Crippen LogP contribution in [-0.4, -0.2) is 31.3 Å². The zero-order valence-corrected chi connectivity index (χ0v) is 15.6. The van der Waals surface area contributed by atoms with Crippen LogP contribution in [0.5, 0.6) is 0 Å². The van der Waals surface area contributed by atoms with E-state index in [-0.39, 0.29) is 65.0 Å². The Hall–Kier alpha value is 1.71. The van der Waals surface area contributed by atoms with Crippen molar-refractivity contribution >= 4 is 20.1 Å². The van der Waals surface area contributed by atoms with Crippen molar-refractivity contribution in [3.05, 3.63) is 0 Å². The Balaban J connectivity index is -0.0000000770. The number of carbonyl (C=O) groups is 1. The van der Waals surface area contributed by atoms with E-state index in [9.17, 15) is 4.79 Å². The van der Waals surface area contributed by atoms with Crippen LogP contribution in [0.15, 0.2) is 0 Å². The largest absolute Gasteiger partial charge is 1.00 e. The zero-order chi connectivity index (χ0) is 11.2. The predicted octanol–water partition coefficient (Wildman–Crippen LogP) is -8.23. The van der Waals surface area contributed by atoms with Crippen molar-refractivity contribution in [2.45, 2.75) is 25.6 Å². The summed E-state index contributed by atoms with van der Waals surface area (Å²) in [5.41, 5.74) is 5.85. The number of hydrogen-bond acceptors (Lipinski definition) is 5. The Morgan fingerprint density at radius 2 is 1.53 bits per heavy atom. The third-order valence-corrected chi connectivity index (χ3v) is 1.00. The molecule has 80 valence electrons. The van der Waals surface area contributed by atoms with Crippen LogP contribution in [0.1, 0.15) is 13.8 Å². The first-order valence-electron chi connectivity index (χ1n) is 3.53. The smallest absolute Gasteiger partial charge is 1.00 e. The van der Waals surface area contributed by atoms with Crippen LogP contribution < -0.4 is 73.0 Å². The Morgan fingerprint density at radius 3 is 1.53 bits per heavy atom. The molecule has 0 saturated heterocycles. The summed E-state index contributed by atoms with van der Waals surface area (Å²) in [5.74, 6) is -0.910. The average Bonchev–Trinajstić information content (AvgIpc) is 1.81. The van der Waals surface area contributed by atoms with Gasteiger partial charge in [0.2, 0.25) is 0 Å². The first-order chi connectivity index (χ1) is 5.55. The molecule has 0 unspecified atom stereocenters. The number of aliphatic carboxylic acids is 1. The molecule has 0 rings (SSSR count). The molecule has 15 heavy (non-hydrogen) atoms. The van der Waals surface area contributed by atoms with Crippen LogP contribution >= 0.6 is 0 Å². The fourth-order valence-corrected chi connectivity index (χ4v) is 0.285. The van der Waals surface area contributed by atoms with E-state index in [1.165, 1.54) is 0 Å². The molecular formula is C6H14AsNNa2O5. The second-order valence-electron chi connectivity index (χ2n) is 2.88. The van der Waals surface area contributed by atoms with Crippen LogP contribution in [-0.2, 0) is 8.53 Å². The van der Waals surface area contributed by atoms with Gasteiger partial charge in [-0.05, 0) is 5.92 Å². The summed E-state index contributed by atoms with van der Waals surface area (Å²) >= 11 is -4.62. The van der Waals surface area contributed by atoms with Crippen molar-refractivity contribution in [2.24, 2.45) is 11.7 Å². The van der Waals surface area contributed by atoms with Gasteiger partial charge in [0.25, 0.3) is 0 Å². The minimum atomic E-state index is -4.62. The normalized spacial score (nSPS) is 11.4. The Morgan fingerprint density at radius 1 is 1.33 bits per heavy atom. The van der Waals surface area contributed by atoms with E-state index in [2.05, 4.69) is 0 Å². The molecule has 0 spiro atoms. The summed E-state index contributed by atoms with van der Waals surface area (Å²) in [6, 6.07) is -0.713. The summed E-state index contributed by atoms with van der Waals surface area (Å²) in [5, 5.41) is 8.23. The predicted molar refractivity (Wildman–Crippen MR) is 42.8 cm³/mol. The molecule has 0 aliphatic heterocycles. The third-order valence-electron chi connectivity index (χ3n) is 1.00. The van der Waals surface area contributed by atoms with Crippen molar-refractivity contribution in [2.75, 3.05) is 0 Å². The molecule has 0 radical (unpaired) electrons. The molecule has 0 bridgehead atoms. The fraction of sp³-hybridized carbons (Fsp3) is 0.833. The van der Waals surface area contributed by atoms with Crippen LogP contribution in [0.25, 0.3) is 0 Å². The monoisotopic (exact) mass is 301 g/mol. The molecule has 0 aromatic rings. The molecule has 9 heteroatoms. The Kier molecular flexibility index (Phi) is 20.7. The van der Waals surface area contributed by atoms with Crippen molar-refractivity contribution in [3.63, 3.8) is 0 Å². The number of carboxylic acids is 1. The van der Waals surface area contributed by atoms with Crippen LogP contribution in [0, 0.1) is 5.92 Å². The van der Waals surface area contributed by atoms with E-state index in [0.717, 1.165) is 0 Å². The van der Waals surface area contributed by atoms with Gasteiger partial charge in [0.1, 0.15) is 6.04 Å². The van der Waals surface area contributed by atoms with Crippen LogP contribution in [0.3, 0.4) is 0 Å². The molecule has 0 aliphatic rings. The van der Waals surface area contributed by atoms with Gasteiger partial charge in [-0.15, -0.1) is 0 Å². The summed E-state index contributed by atoms with van der Waals surface area (Å²) in [7, 11) is 0. The molecule has 3 N–H and O–H groups in total. The summed E-state index contributed by atoms with van der Waals surface area (Å²) in [6.45, 7) is 3.55. The number of carboxylic acid groups (broad SMARTS) is 1. The van der Waals surface area contributed by atoms with E-state index in [4.69, 9.17) is 22.8 Å². The maximum atomic E-state index is 10.0. The van der Waals surface area contributed by atoms with E-state index < -0.39 is 26.2 Å². The first kappa shape index (κ1) is 25.5. The standard InChI is InChI=1S/C5H11NO2.CH5AsO3.2Na/c1-3(2)4(6)5(7)8;1-2(3,4)5;;/h3-4H,6H2,1-2H3,(H,7,8);1H3,(H2,3,4,5);;/q;;2*+1/p-2/t4-;;;/m0.../s1. The molecule has 0 fully saturated rings. The minimum Gasteiger partial charge on any atom is 1.00 e. The maximum absolute atomic E-state index is 10.0. The third kappa shape index (κ3) is 31.3. The summed E-state index contributed by atoms with van der Waals surface area (Å²) < 4.78 is 27.5. The first-order valence-corrected chi connectivity index (χ1v) is 7.71. The fourth-order valence-electron chi connectivity index (χ4n) is 0.285. The van der Waals surface area contributed by atoms with Crippen LogP contribution in [0.2, 0.25) is 5.71 Å². The van der Waals surface area contributed by atoms with Crippen LogP contribution in [0.4, 0.5) is 0 Å². The Labute approximate surface area is 137 Å². The maximum Gasteiger partial charge on any atom is 1.00 e. The van der Waals surface area contributed by atoms with Crippen molar-refractivity contribution in [3.8, 4) is 0 Å². The quantitative estimate of drug-likeness (QED) is 0.488. The van der Waals surface area contributed by atoms with Gasteiger partial charge >= 0.3 is 96.9 Å². The molecule has 0 saturated carbocycles. The molecule has 0 amide bonds. The summed E-state index contributed by atoms with van der Waals surface area (Å²) in [6.07, 6.45) is 0. The van der Waals surface area contributed by atoms with Gasteiger partial charge in [-0.1, -0.05) is 13.8 Å². The number of nitrogens with two attached hydrogens (primary N) is 1. The zero-order valence-electron chi connectivity index (χ0n) is 9.76. The van der Waals surface area contributed by atoms with E-state index >= 15 is 0 Å². The topological polar surface area (TPSA) is 127 Å². The molecular weight excluding hydrogens is 287 g/mol. The van der Waals surface area contributed by atoms with Gasteiger partial charge in [-0.2, -0.15) is 0 Å². The van der Waals surface area contributed by atoms with Crippen molar-refractivity contribution in [1.82, 2.24) is 0 Å². The van der Waals surface area contributed by atoms with E-state index in [0.29, 0.717) is 5.71 Å². The number of hydrogen-bond donors (Lipinski definition) is 2. The van der Waals surface area contributed by atoms with Crippen molar-refractivity contribution < 1.29 is 80.9 Å². The molecule has 0 aromatic carbocycles. The van der Waals surface area contributed by atoms with Gasteiger partial charge in [-0.25, -0.2) is 0 Å². The van der Waals surface area contributed by atoms with Crippen molar-refractivity contribution in [1.29, 1.82) is 0 Å².